The van der Waals surface area contributed by atoms with Crippen LogP contribution in [0.2, 0.25) is 10.0 Å². The molecule has 1 aliphatic rings. The first-order valence-electron chi connectivity index (χ1n) is 10.7. The van der Waals surface area contributed by atoms with Crippen LogP contribution in [0.4, 0.5) is 13.2 Å². The maximum Gasteiger partial charge on any atom is 0.433 e. The fraction of sp³-hybridized carbons (Fsp3) is 0.375. The van der Waals surface area contributed by atoms with Gasteiger partial charge in [0.05, 0.1) is 27.4 Å². The molecule has 3 heterocycles. The molecule has 10 heteroatoms. The van der Waals surface area contributed by atoms with Crippen LogP contribution in [0.3, 0.4) is 0 Å². The van der Waals surface area contributed by atoms with E-state index in [1.54, 1.807) is 19.1 Å². The highest BCUT2D eigenvalue weighted by Gasteiger charge is 2.34. The second-order valence-electron chi connectivity index (χ2n) is 8.55. The summed E-state index contributed by atoms with van der Waals surface area (Å²) in [5, 5.41) is 9.91. The SMILES string of the molecule is Cc1cc(C(F)(F)F)nc2c1cc(C(=O)c1c(Cl)ccc(CN3CCC(C#N)CC3)c1Cl)n2C. The van der Waals surface area contributed by atoms with Crippen LogP contribution >= 0.6 is 23.2 Å². The highest BCUT2D eigenvalue weighted by Crippen LogP contribution is 2.35. The molecule has 0 saturated carbocycles. The molecule has 1 fully saturated rings. The number of alkyl halides is 3. The molecular formula is C24H21Cl2F3N4O. The number of carbonyl (C=O) groups is 1. The maximum absolute atomic E-state index is 13.5. The van der Waals surface area contributed by atoms with Crippen LogP contribution in [-0.4, -0.2) is 33.3 Å². The van der Waals surface area contributed by atoms with Gasteiger partial charge in [0, 0.05) is 24.9 Å². The Bertz CT molecular complexity index is 1320. The zero-order valence-corrected chi connectivity index (χ0v) is 20.0. The molecule has 34 heavy (non-hydrogen) atoms. The van der Waals surface area contributed by atoms with Crippen molar-refractivity contribution in [3.63, 3.8) is 0 Å². The number of benzene rings is 1. The van der Waals surface area contributed by atoms with Crippen molar-refractivity contribution in [2.45, 2.75) is 32.5 Å². The molecule has 3 aromatic rings. The number of rotatable bonds is 4. The fourth-order valence-corrected chi connectivity index (χ4v) is 4.93. The van der Waals surface area contributed by atoms with Crippen LogP contribution in [0, 0.1) is 24.2 Å². The van der Waals surface area contributed by atoms with Crippen LogP contribution in [0.15, 0.2) is 24.3 Å². The minimum absolute atomic E-state index is 0.0514. The summed E-state index contributed by atoms with van der Waals surface area (Å²) in [4.78, 5) is 19.4. The van der Waals surface area contributed by atoms with Gasteiger partial charge in [0.1, 0.15) is 11.3 Å². The third-order valence-electron chi connectivity index (χ3n) is 6.29. The zero-order valence-electron chi connectivity index (χ0n) is 18.5. The Kier molecular flexibility index (Phi) is 6.65. The predicted octanol–water partition coefficient (Wildman–Crippen LogP) is 6.17. The minimum Gasteiger partial charge on any atom is -0.326 e. The number of halogens is 5. The minimum atomic E-state index is -4.60. The summed E-state index contributed by atoms with van der Waals surface area (Å²) in [5.74, 6) is -0.441. The molecule has 178 valence electrons. The number of carbonyl (C=O) groups excluding carboxylic acids is 1. The van der Waals surface area contributed by atoms with Gasteiger partial charge < -0.3 is 4.57 Å². The molecular weight excluding hydrogens is 488 g/mol. The Labute approximate surface area is 204 Å². The smallest absolute Gasteiger partial charge is 0.326 e. The van der Waals surface area contributed by atoms with Gasteiger partial charge in [-0.3, -0.25) is 9.69 Å². The average molecular weight is 509 g/mol. The lowest BCUT2D eigenvalue weighted by atomic mass is 9.97. The number of nitrogens with zero attached hydrogens (tertiary/aromatic N) is 4. The van der Waals surface area contributed by atoms with E-state index in [0.717, 1.165) is 37.6 Å². The Morgan fingerprint density at radius 3 is 2.53 bits per heavy atom. The van der Waals surface area contributed by atoms with Crippen molar-refractivity contribution in [3.05, 3.63) is 62.4 Å². The number of pyridine rings is 1. The first-order chi connectivity index (χ1) is 16.0. The van der Waals surface area contributed by atoms with E-state index in [0.29, 0.717) is 17.5 Å². The van der Waals surface area contributed by atoms with Crippen molar-refractivity contribution in [2.24, 2.45) is 13.0 Å². The number of ketones is 1. The lowest BCUT2D eigenvalue weighted by Gasteiger charge is -2.29. The Hall–Kier alpha value is -2.60. The van der Waals surface area contributed by atoms with Crippen molar-refractivity contribution in [2.75, 3.05) is 13.1 Å². The second-order valence-corrected chi connectivity index (χ2v) is 9.34. The van der Waals surface area contributed by atoms with Crippen molar-refractivity contribution in [1.29, 1.82) is 5.26 Å². The van der Waals surface area contributed by atoms with Gasteiger partial charge in [0.25, 0.3) is 0 Å². The summed E-state index contributed by atoms with van der Waals surface area (Å²) in [6.07, 6.45) is -3.05. The summed E-state index contributed by atoms with van der Waals surface area (Å²) in [5.41, 5.74) is 0.361. The van der Waals surface area contributed by atoms with Crippen molar-refractivity contribution in [1.82, 2.24) is 14.5 Å². The lowest BCUT2D eigenvalue weighted by Crippen LogP contribution is -2.33. The van der Waals surface area contributed by atoms with Crippen LogP contribution in [0.5, 0.6) is 0 Å². The molecule has 0 bridgehead atoms. The van der Waals surface area contributed by atoms with Crippen LogP contribution in [0.25, 0.3) is 11.0 Å². The van der Waals surface area contributed by atoms with E-state index in [1.165, 1.54) is 17.7 Å². The highest BCUT2D eigenvalue weighted by molar-refractivity contribution is 6.41. The van der Waals surface area contributed by atoms with Crippen LogP contribution in [0.1, 0.15) is 45.7 Å². The molecule has 0 unspecified atom stereocenters. The molecule has 0 amide bonds. The third-order valence-corrected chi connectivity index (χ3v) is 7.04. The highest BCUT2D eigenvalue weighted by atomic mass is 35.5. The van der Waals surface area contributed by atoms with Crippen molar-refractivity contribution in [3.8, 4) is 6.07 Å². The molecule has 1 aliphatic heterocycles. The van der Waals surface area contributed by atoms with E-state index in [1.807, 2.05) is 0 Å². The molecule has 0 radical (unpaired) electrons. The van der Waals surface area contributed by atoms with Gasteiger partial charge >= 0.3 is 6.18 Å². The summed E-state index contributed by atoms with van der Waals surface area (Å²) in [6, 6.07) is 8.15. The fourth-order valence-electron chi connectivity index (χ4n) is 4.33. The normalized spacial score (nSPS) is 15.6. The summed E-state index contributed by atoms with van der Waals surface area (Å²) >= 11 is 13.0. The number of piperidine rings is 1. The van der Waals surface area contributed by atoms with E-state index in [4.69, 9.17) is 28.5 Å². The average Bonchev–Trinajstić information content (AvgIpc) is 3.13. The third kappa shape index (κ3) is 4.52. The molecule has 0 spiro atoms. The summed E-state index contributed by atoms with van der Waals surface area (Å²) in [6.45, 7) is 3.54. The first-order valence-corrected chi connectivity index (χ1v) is 11.4. The quantitative estimate of drug-likeness (QED) is 0.395. The predicted molar refractivity (Wildman–Crippen MR) is 124 cm³/mol. The van der Waals surface area contributed by atoms with Gasteiger partial charge in [-0.15, -0.1) is 0 Å². The molecule has 2 aromatic heterocycles. The summed E-state index contributed by atoms with van der Waals surface area (Å²) in [7, 11) is 1.49. The van der Waals surface area contributed by atoms with E-state index in [-0.39, 0.29) is 32.9 Å². The van der Waals surface area contributed by atoms with Gasteiger partial charge in [0.15, 0.2) is 0 Å². The van der Waals surface area contributed by atoms with E-state index < -0.39 is 17.7 Å². The number of likely N-dealkylation sites (tertiary alicyclic amines) is 1. The number of aryl methyl sites for hydroxylation is 2. The van der Waals surface area contributed by atoms with Gasteiger partial charge in [-0.1, -0.05) is 29.3 Å². The molecule has 0 aliphatic carbocycles. The van der Waals surface area contributed by atoms with Crippen molar-refractivity contribution < 1.29 is 18.0 Å². The topological polar surface area (TPSA) is 61.9 Å². The molecule has 0 atom stereocenters. The standard InChI is InChI=1S/C24H21Cl2F3N4O/c1-13-9-19(24(27,28)29)31-23-16(13)10-18(32(23)2)22(34)20-17(25)4-3-15(21(20)26)12-33-7-5-14(11-30)6-8-33/h3-4,9-10,14H,5-8,12H2,1-2H3. The van der Waals surface area contributed by atoms with Crippen LogP contribution < -0.4 is 0 Å². The molecule has 0 N–H and O–H groups in total. The van der Waals surface area contributed by atoms with Crippen molar-refractivity contribution >= 4 is 40.0 Å². The largest absolute Gasteiger partial charge is 0.433 e. The Morgan fingerprint density at radius 1 is 1.24 bits per heavy atom. The van der Waals surface area contributed by atoms with Crippen LogP contribution in [-0.2, 0) is 19.8 Å². The second kappa shape index (κ2) is 9.21. The number of nitriles is 1. The molecule has 4 rings (SSSR count). The Balaban J connectivity index is 1.71. The maximum atomic E-state index is 13.5. The summed E-state index contributed by atoms with van der Waals surface area (Å²) < 4.78 is 41.1. The van der Waals surface area contributed by atoms with Gasteiger partial charge in [0.2, 0.25) is 5.78 Å². The zero-order chi connectivity index (χ0) is 24.8. The lowest BCUT2D eigenvalue weighted by molar-refractivity contribution is -0.141. The van der Waals surface area contributed by atoms with Gasteiger partial charge in [-0.2, -0.15) is 18.4 Å². The number of fused-ring (bicyclic) bond motifs is 1. The Morgan fingerprint density at radius 2 is 1.91 bits per heavy atom. The molecule has 1 saturated heterocycles. The number of hydrogen-bond donors (Lipinski definition) is 0. The monoisotopic (exact) mass is 508 g/mol. The number of aromatic nitrogens is 2. The van der Waals surface area contributed by atoms with Gasteiger partial charge in [-0.25, -0.2) is 4.98 Å². The van der Waals surface area contributed by atoms with E-state index in [2.05, 4.69) is 16.0 Å². The van der Waals surface area contributed by atoms with E-state index in [9.17, 15) is 18.0 Å². The number of hydrogen-bond acceptors (Lipinski definition) is 4. The van der Waals surface area contributed by atoms with E-state index >= 15 is 0 Å². The molecule has 5 nitrogen and oxygen atoms in total. The molecule has 1 aromatic carbocycles. The first kappa shape index (κ1) is 24.5. The van der Waals surface area contributed by atoms with Gasteiger partial charge in [-0.05, 0) is 62.2 Å².